The van der Waals surface area contributed by atoms with Gasteiger partial charge >= 0.3 is 5.63 Å². The molecule has 1 aliphatic rings. The Hall–Kier alpha value is -3.88. The summed E-state index contributed by atoms with van der Waals surface area (Å²) >= 11 is 0. The number of benzene rings is 1. The molecule has 1 aliphatic heterocycles. The van der Waals surface area contributed by atoms with Crippen LogP contribution in [0.25, 0.3) is 22.6 Å². The maximum atomic E-state index is 12.8. The molecule has 4 aromatic rings. The summed E-state index contributed by atoms with van der Waals surface area (Å²) in [6.45, 7) is 0.739. The number of carbonyl (C=O) groups is 1. The lowest BCUT2D eigenvalue weighted by Gasteiger charge is -2.36. The Morgan fingerprint density at radius 3 is 2.86 bits per heavy atom. The van der Waals surface area contributed by atoms with Gasteiger partial charge in [-0.25, -0.2) is 4.79 Å². The van der Waals surface area contributed by atoms with Gasteiger partial charge in [-0.3, -0.25) is 4.79 Å². The molecule has 0 atom stereocenters. The van der Waals surface area contributed by atoms with Gasteiger partial charge in [-0.15, -0.1) is 0 Å². The zero-order chi connectivity index (χ0) is 20.0. The molecule has 29 heavy (non-hydrogen) atoms. The minimum atomic E-state index is -0.701. The van der Waals surface area contributed by atoms with Crippen LogP contribution in [0.2, 0.25) is 0 Å². The fourth-order valence-electron chi connectivity index (χ4n) is 3.31. The molecule has 4 heterocycles. The lowest BCUT2D eigenvalue weighted by atomic mass is 9.99. The predicted molar refractivity (Wildman–Crippen MR) is 99.7 cm³/mol. The van der Waals surface area contributed by atoms with Gasteiger partial charge in [0.1, 0.15) is 5.56 Å². The van der Waals surface area contributed by atoms with E-state index in [4.69, 9.17) is 18.1 Å². The maximum Gasteiger partial charge on any atom is 0.349 e. The molecule has 9 heteroatoms. The fourth-order valence-corrected chi connectivity index (χ4v) is 3.31. The van der Waals surface area contributed by atoms with E-state index in [0.29, 0.717) is 47.3 Å². The van der Waals surface area contributed by atoms with E-state index in [1.807, 2.05) is 0 Å². The van der Waals surface area contributed by atoms with Crippen LogP contribution in [0.3, 0.4) is 0 Å². The lowest BCUT2D eigenvalue weighted by Crippen LogP contribution is -2.49. The molecule has 9 nitrogen and oxygen atoms in total. The number of para-hydroxylation sites is 1. The molecule has 0 unspecified atom stereocenters. The molecule has 1 fully saturated rings. The molecular weight excluding hydrogens is 378 g/mol. The molecule has 3 aromatic heterocycles. The summed E-state index contributed by atoms with van der Waals surface area (Å²) in [5, 5.41) is 4.51. The molecule has 0 spiro atoms. The van der Waals surface area contributed by atoms with Gasteiger partial charge in [0.25, 0.3) is 5.91 Å². The van der Waals surface area contributed by atoms with Crippen LogP contribution in [0.1, 0.15) is 22.2 Å². The summed E-state index contributed by atoms with van der Waals surface area (Å²) in [7, 11) is 1.49. The Bertz CT molecular complexity index is 1250. The van der Waals surface area contributed by atoms with Crippen molar-refractivity contribution >= 4 is 16.9 Å². The molecule has 1 aromatic carbocycles. The summed E-state index contributed by atoms with van der Waals surface area (Å²) in [6, 6.07) is 10.2. The Balaban J connectivity index is 1.34. The maximum absolute atomic E-state index is 12.8. The van der Waals surface area contributed by atoms with Crippen molar-refractivity contribution in [3.63, 3.8) is 0 Å². The number of fused-ring (bicyclic) bond motifs is 1. The molecule has 5 rings (SSSR count). The zero-order valence-corrected chi connectivity index (χ0v) is 15.3. The minimum Gasteiger partial charge on any atom is -0.493 e. The van der Waals surface area contributed by atoms with Crippen LogP contribution in [0, 0.1) is 0 Å². The average molecular weight is 393 g/mol. The van der Waals surface area contributed by atoms with Crippen LogP contribution in [-0.4, -0.2) is 41.1 Å². The number of ether oxygens (including phenoxy) is 1. The second-order valence-electron chi connectivity index (χ2n) is 6.67. The van der Waals surface area contributed by atoms with Crippen molar-refractivity contribution in [2.24, 2.45) is 0 Å². The first-order chi connectivity index (χ1) is 14.1. The largest absolute Gasteiger partial charge is 0.493 e. The van der Waals surface area contributed by atoms with Crippen molar-refractivity contribution in [2.75, 3.05) is 20.2 Å². The highest BCUT2D eigenvalue weighted by atomic mass is 16.5. The zero-order valence-electron chi connectivity index (χ0n) is 15.3. The van der Waals surface area contributed by atoms with E-state index in [9.17, 15) is 9.59 Å². The van der Waals surface area contributed by atoms with E-state index in [0.717, 1.165) is 0 Å². The van der Waals surface area contributed by atoms with Crippen LogP contribution < -0.4 is 10.4 Å². The van der Waals surface area contributed by atoms with Crippen LogP contribution in [-0.2, 0) is 0 Å². The number of furan rings is 1. The molecule has 0 saturated carbocycles. The number of hydrogen-bond acceptors (Lipinski definition) is 8. The normalized spacial score (nSPS) is 14.2. The summed E-state index contributed by atoms with van der Waals surface area (Å²) in [5.41, 5.74) is -0.409. The highest BCUT2D eigenvalue weighted by Crippen LogP contribution is 2.30. The quantitative estimate of drug-likeness (QED) is 0.487. The van der Waals surface area contributed by atoms with E-state index >= 15 is 0 Å². The third-order valence-corrected chi connectivity index (χ3v) is 4.88. The van der Waals surface area contributed by atoms with Crippen LogP contribution in [0.15, 0.2) is 60.8 Å². The third kappa shape index (κ3) is 2.87. The summed E-state index contributed by atoms with van der Waals surface area (Å²) in [5.74, 6) is 1.24. The third-order valence-electron chi connectivity index (χ3n) is 4.88. The lowest BCUT2D eigenvalue weighted by molar-refractivity contribution is 0.0565. The van der Waals surface area contributed by atoms with Gasteiger partial charge < -0.3 is 23.0 Å². The van der Waals surface area contributed by atoms with Crippen molar-refractivity contribution in [1.29, 1.82) is 0 Å². The molecule has 0 aliphatic carbocycles. The Morgan fingerprint density at radius 2 is 2.10 bits per heavy atom. The monoisotopic (exact) mass is 393 g/mol. The molecular formula is C20H15N3O6. The smallest absolute Gasteiger partial charge is 0.349 e. The van der Waals surface area contributed by atoms with E-state index in [1.54, 1.807) is 35.2 Å². The number of amides is 1. The van der Waals surface area contributed by atoms with Crippen molar-refractivity contribution in [2.45, 2.75) is 5.92 Å². The number of hydrogen-bond donors (Lipinski definition) is 0. The van der Waals surface area contributed by atoms with Gasteiger partial charge in [-0.05, 0) is 24.3 Å². The van der Waals surface area contributed by atoms with E-state index in [1.165, 1.54) is 19.4 Å². The minimum absolute atomic E-state index is 0.0222. The summed E-state index contributed by atoms with van der Waals surface area (Å²) in [4.78, 5) is 31.0. The first kappa shape index (κ1) is 17.2. The molecule has 0 N–H and O–H groups in total. The Kier molecular flexibility index (Phi) is 3.94. The van der Waals surface area contributed by atoms with Gasteiger partial charge in [0.05, 0.1) is 19.3 Å². The highest BCUT2D eigenvalue weighted by Gasteiger charge is 2.37. The summed E-state index contributed by atoms with van der Waals surface area (Å²) < 4.78 is 21.1. The highest BCUT2D eigenvalue weighted by molar-refractivity contribution is 5.97. The van der Waals surface area contributed by atoms with Crippen molar-refractivity contribution in [3.8, 4) is 17.3 Å². The van der Waals surface area contributed by atoms with Crippen LogP contribution in [0.4, 0.5) is 0 Å². The molecule has 1 amide bonds. The SMILES string of the molecule is COc1cccc2cc(C(=O)N3CC(c4nc(-c5ccco5)no4)C3)c(=O)oc12. The second-order valence-corrected chi connectivity index (χ2v) is 6.67. The second kappa shape index (κ2) is 6.62. The Labute approximate surface area is 163 Å². The fraction of sp³-hybridized carbons (Fsp3) is 0.200. The van der Waals surface area contributed by atoms with Crippen molar-refractivity contribution in [1.82, 2.24) is 15.0 Å². The predicted octanol–water partition coefficient (Wildman–Crippen LogP) is 2.68. The van der Waals surface area contributed by atoms with Gasteiger partial charge in [0.15, 0.2) is 17.1 Å². The topological polar surface area (TPSA) is 112 Å². The van der Waals surface area contributed by atoms with E-state index in [2.05, 4.69) is 10.1 Å². The number of nitrogens with zero attached hydrogens (tertiary/aromatic N) is 3. The first-order valence-electron chi connectivity index (χ1n) is 8.91. The molecule has 146 valence electrons. The van der Waals surface area contributed by atoms with Crippen LogP contribution >= 0.6 is 0 Å². The standard InChI is InChI=1S/C20H15N3O6/c1-26-14-5-2-4-11-8-13(20(25)28-16(11)14)19(24)23-9-12(10-23)18-21-17(22-29-18)15-6-3-7-27-15/h2-8,12H,9-10H2,1H3. The number of rotatable bonds is 4. The van der Waals surface area contributed by atoms with Gasteiger partial charge in [-0.2, -0.15) is 4.98 Å². The van der Waals surface area contributed by atoms with Crippen molar-refractivity contribution < 1.29 is 22.9 Å². The first-order valence-corrected chi connectivity index (χ1v) is 8.91. The van der Waals surface area contributed by atoms with Gasteiger partial charge in [0.2, 0.25) is 11.7 Å². The number of aromatic nitrogens is 2. The summed E-state index contributed by atoms with van der Waals surface area (Å²) in [6.07, 6.45) is 1.53. The van der Waals surface area contributed by atoms with Crippen LogP contribution in [0.5, 0.6) is 5.75 Å². The molecule has 0 bridgehead atoms. The molecule has 0 radical (unpaired) electrons. The number of likely N-dealkylation sites (tertiary alicyclic amines) is 1. The van der Waals surface area contributed by atoms with Gasteiger partial charge in [0, 0.05) is 18.5 Å². The van der Waals surface area contributed by atoms with Crippen molar-refractivity contribution in [3.05, 3.63) is 64.5 Å². The van der Waals surface area contributed by atoms with E-state index in [-0.39, 0.29) is 11.5 Å². The number of methoxy groups -OCH3 is 1. The van der Waals surface area contributed by atoms with Gasteiger partial charge in [-0.1, -0.05) is 17.3 Å². The van der Waals surface area contributed by atoms with E-state index < -0.39 is 11.5 Å². The molecule has 1 saturated heterocycles. The average Bonchev–Trinajstić information content (AvgIpc) is 3.37. The Morgan fingerprint density at radius 1 is 1.24 bits per heavy atom. The number of carbonyl (C=O) groups excluding carboxylic acids is 1.